The Labute approximate surface area is 104 Å². The highest BCUT2D eigenvalue weighted by atomic mass is 32.2. The van der Waals surface area contributed by atoms with Crippen LogP contribution in [-0.2, 0) is 21.3 Å². The standard InChI is InChI=1S/C13H18O3S/c1-9(2)12(13(14)15)17(16)8-11-6-4-10(3)5-7-11/h4-7,9,12H,8H2,1-3H3,(H,14,15). The molecular formula is C13H18O3S. The van der Waals surface area contributed by atoms with Crippen LogP contribution in [0, 0.1) is 12.8 Å². The molecule has 0 aliphatic rings. The molecule has 3 nitrogen and oxygen atoms in total. The summed E-state index contributed by atoms with van der Waals surface area (Å²) in [6.07, 6.45) is 0. The predicted molar refractivity (Wildman–Crippen MR) is 69.3 cm³/mol. The SMILES string of the molecule is Cc1ccc(CS(=O)C(C(=O)O)C(C)C)cc1. The van der Waals surface area contributed by atoms with E-state index in [4.69, 9.17) is 5.11 Å². The monoisotopic (exact) mass is 254 g/mol. The predicted octanol–water partition coefficient (Wildman–Crippen LogP) is 2.35. The summed E-state index contributed by atoms with van der Waals surface area (Å²) in [6.45, 7) is 5.55. The minimum absolute atomic E-state index is 0.126. The second kappa shape index (κ2) is 5.96. The molecule has 17 heavy (non-hydrogen) atoms. The van der Waals surface area contributed by atoms with Gasteiger partial charge in [0.15, 0.2) is 0 Å². The van der Waals surface area contributed by atoms with E-state index < -0.39 is 22.0 Å². The molecule has 94 valence electrons. The van der Waals surface area contributed by atoms with Crippen molar-refractivity contribution in [1.82, 2.24) is 0 Å². The van der Waals surface area contributed by atoms with E-state index in [0.29, 0.717) is 5.75 Å². The van der Waals surface area contributed by atoms with Crippen LogP contribution in [0.1, 0.15) is 25.0 Å². The van der Waals surface area contributed by atoms with E-state index >= 15 is 0 Å². The molecule has 4 heteroatoms. The first-order valence-corrected chi connectivity index (χ1v) is 6.95. The third kappa shape index (κ3) is 3.97. The van der Waals surface area contributed by atoms with Crippen LogP contribution in [0.3, 0.4) is 0 Å². The van der Waals surface area contributed by atoms with Gasteiger partial charge in [0.2, 0.25) is 0 Å². The molecule has 0 amide bonds. The summed E-state index contributed by atoms with van der Waals surface area (Å²) in [4.78, 5) is 11.0. The first-order valence-electron chi connectivity index (χ1n) is 5.57. The molecule has 2 atom stereocenters. The van der Waals surface area contributed by atoms with Crippen molar-refractivity contribution in [3.63, 3.8) is 0 Å². The lowest BCUT2D eigenvalue weighted by molar-refractivity contribution is -0.137. The molecular weight excluding hydrogens is 236 g/mol. The number of hydrogen-bond acceptors (Lipinski definition) is 2. The van der Waals surface area contributed by atoms with Crippen LogP contribution in [0.15, 0.2) is 24.3 Å². The Morgan fingerprint density at radius 1 is 1.29 bits per heavy atom. The fourth-order valence-corrected chi connectivity index (χ4v) is 3.17. The summed E-state index contributed by atoms with van der Waals surface area (Å²) in [5, 5.41) is 8.25. The van der Waals surface area contributed by atoms with Gasteiger partial charge in [-0.3, -0.25) is 9.00 Å². The first-order chi connectivity index (χ1) is 7.91. The van der Waals surface area contributed by atoms with Gasteiger partial charge in [0.05, 0.1) is 0 Å². The number of carboxylic acids is 1. The molecule has 0 radical (unpaired) electrons. The quantitative estimate of drug-likeness (QED) is 0.877. The van der Waals surface area contributed by atoms with Crippen LogP contribution in [0.2, 0.25) is 0 Å². The minimum Gasteiger partial charge on any atom is -0.480 e. The third-order valence-corrected chi connectivity index (χ3v) is 4.49. The van der Waals surface area contributed by atoms with Gasteiger partial charge in [-0.2, -0.15) is 0 Å². The van der Waals surface area contributed by atoms with E-state index in [1.54, 1.807) is 13.8 Å². The van der Waals surface area contributed by atoms with Gasteiger partial charge in [-0.15, -0.1) is 0 Å². The number of benzene rings is 1. The molecule has 0 fully saturated rings. The third-order valence-electron chi connectivity index (χ3n) is 2.56. The topological polar surface area (TPSA) is 54.4 Å². The number of carbonyl (C=O) groups is 1. The number of aliphatic carboxylic acids is 1. The van der Waals surface area contributed by atoms with Gasteiger partial charge < -0.3 is 5.11 Å². The molecule has 0 bridgehead atoms. The van der Waals surface area contributed by atoms with Gasteiger partial charge >= 0.3 is 5.97 Å². The zero-order valence-electron chi connectivity index (χ0n) is 10.3. The molecule has 0 aliphatic heterocycles. The maximum Gasteiger partial charge on any atom is 0.319 e. The van der Waals surface area contributed by atoms with Crippen molar-refractivity contribution in [3.8, 4) is 0 Å². The van der Waals surface area contributed by atoms with Crippen LogP contribution in [0.25, 0.3) is 0 Å². The molecule has 0 heterocycles. The minimum atomic E-state index is -1.38. The van der Waals surface area contributed by atoms with Gasteiger partial charge in [-0.05, 0) is 18.4 Å². The van der Waals surface area contributed by atoms with Gasteiger partial charge in [-0.1, -0.05) is 43.7 Å². The lowest BCUT2D eigenvalue weighted by atomic mass is 10.1. The zero-order valence-corrected chi connectivity index (χ0v) is 11.2. The van der Waals surface area contributed by atoms with Crippen LogP contribution in [-0.4, -0.2) is 20.5 Å². The molecule has 1 aromatic carbocycles. The van der Waals surface area contributed by atoms with Crippen LogP contribution in [0.5, 0.6) is 0 Å². The number of hydrogen-bond donors (Lipinski definition) is 1. The highest BCUT2D eigenvalue weighted by molar-refractivity contribution is 7.85. The maximum absolute atomic E-state index is 12.0. The van der Waals surface area contributed by atoms with E-state index in [0.717, 1.165) is 11.1 Å². The second-order valence-corrected chi connectivity index (χ2v) is 6.07. The van der Waals surface area contributed by atoms with Crippen molar-refractivity contribution in [1.29, 1.82) is 0 Å². The summed E-state index contributed by atoms with van der Waals surface area (Å²) in [5.41, 5.74) is 2.05. The van der Waals surface area contributed by atoms with E-state index in [2.05, 4.69) is 0 Å². The maximum atomic E-state index is 12.0. The highest BCUT2D eigenvalue weighted by Crippen LogP contribution is 2.15. The molecule has 1 N–H and O–H groups in total. The molecule has 0 aromatic heterocycles. The first kappa shape index (κ1) is 13.9. The molecule has 2 unspecified atom stereocenters. The normalized spacial score (nSPS) is 14.6. The van der Waals surface area contributed by atoms with Crippen molar-refractivity contribution in [2.75, 3.05) is 0 Å². The summed E-state index contributed by atoms with van der Waals surface area (Å²) in [5.74, 6) is -0.806. The number of carboxylic acid groups (broad SMARTS) is 1. The van der Waals surface area contributed by atoms with E-state index in [-0.39, 0.29) is 5.92 Å². The Kier molecular flexibility index (Phi) is 4.87. The van der Waals surface area contributed by atoms with Gasteiger partial charge in [0.25, 0.3) is 0 Å². The van der Waals surface area contributed by atoms with Crippen molar-refractivity contribution in [3.05, 3.63) is 35.4 Å². The van der Waals surface area contributed by atoms with E-state index in [1.807, 2.05) is 31.2 Å². The van der Waals surface area contributed by atoms with Crippen molar-refractivity contribution in [2.45, 2.75) is 31.8 Å². The average molecular weight is 254 g/mol. The lowest BCUT2D eigenvalue weighted by Crippen LogP contribution is -2.31. The average Bonchev–Trinajstić information content (AvgIpc) is 2.20. The number of rotatable bonds is 5. The Morgan fingerprint density at radius 3 is 2.24 bits per heavy atom. The summed E-state index contributed by atoms with van der Waals surface area (Å²) < 4.78 is 12.0. The molecule has 1 rings (SSSR count). The van der Waals surface area contributed by atoms with Crippen LogP contribution < -0.4 is 0 Å². The Bertz CT molecular complexity index is 409. The summed E-state index contributed by atoms with van der Waals surface area (Å²) >= 11 is 0. The molecule has 0 saturated carbocycles. The largest absolute Gasteiger partial charge is 0.480 e. The smallest absolute Gasteiger partial charge is 0.319 e. The number of aryl methyl sites for hydroxylation is 1. The van der Waals surface area contributed by atoms with E-state index in [1.165, 1.54) is 0 Å². The highest BCUT2D eigenvalue weighted by Gasteiger charge is 2.27. The van der Waals surface area contributed by atoms with E-state index in [9.17, 15) is 9.00 Å². The van der Waals surface area contributed by atoms with Crippen molar-refractivity contribution < 1.29 is 14.1 Å². The van der Waals surface area contributed by atoms with Gasteiger partial charge in [0.1, 0.15) is 5.25 Å². The Morgan fingerprint density at radius 2 is 1.82 bits per heavy atom. The molecule has 1 aromatic rings. The van der Waals surface area contributed by atoms with Gasteiger partial charge in [0, 0.05) is 16.6 Å². The summed E-state index contributed by atoms with van der Waals surface area (Å²) in [6, 6.07) is 7.67. The van der Waals surface area contributed by atoms with Crippen molar-refractivity contribution >= 4 is 16.8 Å². The molecule has 0 aliphatic carbocycles. The Hall–Kier alpha value is -1.16. The second-order valence-electron chi connectivity index (χ2n) is 4.51. The molecule has 0 spiro atoms. The fraction of sp³-hybridized carbons (Fsp3) is 0.462. The summed E-state index contributed by atoms with van der Waals surface area (Å²) in [7, 11) is -1.38. The van der Waals surface area contributed by atoms with Crippen LogP contribution in [0.4, 0.5) is 0 Å². The van der Waals surface area contributed by atoms with Crippen LogP contribution >= 0.6 is 0 Å². The molecule has 0 saturated heterocycles. The zero-order chi connectivity index (χ0) is 13.0. The Balaban J connectivity index is 2.77. The van der Waals surface area contributed by atoms with Crippen molar-refractivity contribution in [2.24, 2.45) is 5.92 Å². The fourth-order valence-electron chi connectivity index (χ4n) is 1.64. The van der Waals surface area contributed by atoms with Gasteiger partial charge in [-0.25, -0.2) is 0 Å². The lowest BCUT2D eigenvalue weighted by Gasteiger charge is -2.15.